The molecule has 0 saturated carbocycles. The molecule has 0 bridgehead atoms. The van der Waals surface area contributed by atoms with Crippen LogP contribution in [0.4, 0.5) is 5.13 Å². The summed E-state index contributed by atoms with van der Waals surface area (Å²) < 4.78 is 0. The number of thiazole rings is 1. The fourth-order valence-electron chi connectivity index (χ4n) is 1.51. The van der Waals surface area contributed by atoms with Crippen LogP contribution in [-0.2, 0) is 5.88 Å². The summed E-state index contributed by atoms with van der Waals surface area (Å²) in [6.45, 7) is 5.16. The molecule has 0 amide bonds. The van der Waals surface area contributed by atoms with Crippen molar-refractivity contribution in [1.29, 1.82) is 0 Å². The first-order chi connectivity index (χ1) is 8.08. The van der Waals surface area contributed by atoms with Crippen LogP contribution < -0.4 is 4.90 Å². The van der Waals surface area contributed by atoms with Crippen LogP contribution in [0.25, 0.3) is 0 Å². The lowest BCUT2D eigenvalue weighted by Crippen LogP contribution is -2.26. The highest BCUT2D eigenvalue weighted by Crippen LogP contribution is 2.30. The number of alkyl halides is 1. The summed E-state index contributed by atoms with van der Waals surface area (Å²) >= 11 is 13.4. The minimum absolute atomic E-state index is 0.436. The molecule has 0 aliphatic rings. The van der Waals surface area contributed by atoms with Gasteiger partial charge in [0.1, 0.15) is 5.15 Å². The zero-order valence-corrected chi connectivity index (χ0v) is 12.9. The van der Waals surface area contributed by atoms with Crippen molar-refractivity contribution in [3.05, 3.63) is 10.0 Å². The van der Waals surface area contributed by atoms with Gasteiger partial charge in [0, 0.05) is 13.1 Å². The monoisotopic (exact) mass is 295 g/mol. The van der Waals surface area contributed by atoms with Gasteiger partial charge in [0.2, 0.25) is 0 Å². The topological polar surface area (TPSA) is 19.4 Å². The van der Waals surface area contributed by atoms with E-state index in [4.69, 9.17) is 23.2 Å². The summed E-state index contributed by atoms with van der Waals surface area (Å²) in [6, 6.07) is 0. The highest BCUT2D eigenvalue weighted by molar-refractivity contribution is 7.16. The van der Waals surface area contributed by atoms with E-state index >= 15 is 0 Å². The fraction of sp³-hybridized carbons (Fsp3) is 0.727. The molecule has 0 spiro atoms. The Hall–Kier alpha value is -0.0300. The second kappa shape index (κ2) is 7.41. The van der Waals surface area contributed by atoms with E-state index in [1.807, 2.05) is 0 Å². The third-order valence-electron chi connectivity index (χ3n) is 2.45. The van der Waals surface area contributed by atoms with Gasteiger partial charge in [0.25, 0.3) is 0 Å². The van der Waals surface area contributed by atoms with E-state index in [9.17, 15) is 0 Å². The standard InChI is InChI=1S/C11H19Cl2N3S/c1-4-16(7-5-6-15(2)3)11-14-10(13)9(8-12)17-11/h4-8H2,1-3H3. The summed E-state index contributed by atoms with van der Waals surface area (Å²) in [7, 11) is 4.17. The van der Waals surface area contributed by atoms with Crippen molar-refractivity contribution < 1.29 is 0 Å². The third kappa shape index (κ3) is 4.62. The van der Waals surface area contributed by atoms with E-state index in [-0.39, 0.29) is 0 Å². The highest BCUT2D eigenvalue weighted by atomic mass is 35.5. The molecule has 0 aromatic carbocycles. The van der Waals surface area contributed by atoms with E-state index < -0.39 is 0 Å². The van der Waals surface area contributed by atoms with Crippen molar-refractivity contribution in [2.45, 2.75) is 19.2 Å². The number of rotatable bonds is 7. The molecule has 0 fully saturated rings. The van der Waals surface area contributed by atoms with Crippen molar-refractivity contribution in [2.75, 3.05) is 38.6 Å². The van der Waals surface area contributed by atoms with Crippen molar-refractivity contribution >= 4 is 39.7 Å². The molecule has 0 atom stereocenters. The van der Waals surface area contributed by atoms with Gasteiger partial charge in [-0.3, -0.25) is 0 Å². The molecular formula is C11H19Cl2N3S. The lowest BCUT2D eigenvalue weighted by atomic mass is 10.4. The molecule has 0 aliphatic carbocycles. The number of hydrogen-bond acceptors (Lipinski definition) is 4. The van der Waals surface area contributed by atoms with Gasteiger partial charge in [0.05, 0.1) is 10.8 Å². The largest absolute Gasteiger partial charge is 0.348 e. The average Bonchev–Trinajstić information content (AvgIpc) is 2.65. The van der Waals surface area contributed by atoms with Crippen LogP contribution in [0.1, 0.15) is 18.2 Å². The Labute approximate surface area is 117 Å². The van der Waals surface area contributed by atoms with Gasteiger partial charge in [-0.1, -0.05) is 22.9 Å². The number of anilines is 1. The van der Waals surface area contributed by atoms with Gasteiger partial charge in [-0.25, -0.2) is 4.98 Å². The zero-order valence-electron chi connectivity index (χ0n) is 10.5. The predicted molar refractivity (Wildman–Crippen MR) is 77.7 cm³/mol. The van der Waals surface area contributed by atoms with Crippen molar-refractivity contribution in [2.24, 2.45) is 0 Å². The highest BCUT2D eigenvalue weighted by Gasteiger charge is 2.13. The lowest BCUT2D eigenvalue weighted by molar-refractivity contribution is 0.400. The number of aromatic nitrogens is 1. The number of hydrogen-bond donors (Lipinski definition) is 0. The van der Waals surface area contributed by atoms with E-state index in [0.29, 0.717) is 11.0 Å². The quantitative estimate of drug-likeness (QED) is 0.720. The van der Waals surface area contributed by atoms with Crippen molar-refractivity contribution in [3.63, 3.8) is 0 Å². The van der Waals surface area contributed by atoms with E-state index in [1.165, 1.54) is 0 Å². The molecule has 6 heteroatoms. The van der Waals surface area contributed by atoms with E-state index in [1.54, 1.807) is 11.3 Å². The number of nitrogens with zero attached hydrogens (tertiary/aromatic N) is 3. The van der Waals surface area contributed by atoms with Gasteiger partial charge in [-0.05, 0) is 34.0 Å². The van der Waals surface area contributed by atoms with Crippen LogP contribution in [-0.4, -0.2) is 43.6 Å². The third-order valence-corrected chi connectivity index (χ3v) is 4.41. The first-order valence-electron chi connectivity index (χ1n) is 5.69. The van der Waals surface area contributed by atoms with Crippen LogP contribution in [0.15, 0.2) is 0 Å². The molecule has 3 nitrogen and oxygen atoms in total. The van der Waals surface area contributed by atoms with E-state index in [0.717, 1.165) is 36.1 Å². The maximum atomic E-state index is 6.01. The van der Waals surface area contributed by atoms with Gasteiger partial charge in [-0.2, -0.15) is 0 Å². The van der Waals surface area contributed by atoms with Crippen LogP contribution in [0.2, 0.25) is 5.15 Å². The molecule has 0 aliphatic heterocycles. The van der Waals surface area contributed by atoms with Crippen molar-refractivity contribution in [3.8, 4) is 0 Å². The summed E-state index contributed by atoms with van der Waals surface area (Å²) in [4.78, 5) is 9.75. The lowest BCUT2D eigenvalue weighted by Gasteiger charge is -2.20. The summed E-state index contributed by atoms with van der Waals surface area (Å²) in [5, 5.41) is 1.53. The summed E-state index contributed by atoms with van der Waals surface area (Å²) in [5.41, 5.74) is 0. The molecule has 0 radical (unpaired) electrons. The first-order valence-corrected chi connectivity index (χ1v) is 7.42. The minimum Gasteiger partial charge on any atom is -0.348 e. The fourth-order valence-corrected chi connectivity index (χ4v) is 3.07. The second-order valence-electron chi connectivity index (χ2n) is 4.08. The average molecular weight is 296 g/mol. The second-order valence-corrected chi connectivity index (χ2v) is 5.77. The predicted octanol–water partition coefficient (Wildman–Crippen LogP) is 3.31. The molecule has 98 valence electrons. The SMILES string of the molecule is CCN(CCCN(C)C)c1nc(Cl)c(CCl)s1. The van der Waals surface area contributed by atoms with Crippen LogP contribution in [0.5, 0.6) is 0 Å². The maximum Gasteiger partial charge on any atom is 0.187 e. The Balaban J connectivity index is 2.59. The van der Waals surface area contributed by atoms with Crippen LogP contribution in [0.3, 0.4) is 0 Å². The molecular weight excluding hydrogens is 277 g/mol. The Kier molecular flexibility index (Phi) is 6.55. The molecule has 0 unspecified atom stereocenters. The normalized spacial score (nSPS) is 11.2. The summed E-state index contributed by atoms with van der Waals surface area (Å²) in [6.07, 6.45) is 1.12. The van der Waals surface area contributed by atoms with Crippen molar-refractivity contribution in [1.82, 2.24) is 9.88 Å². The Morgan fingerprint density at radius 1 is 1.29 bits per heavy atom. The molecule has 17 heavy (non-hydrogen) atoms. The molecule has 1 aromatic heterocycles. The molecule has 1 heterocycles. The molecule has 1 rings (SSSR count). The Morgan fingerprint density at radius 3 is 2.47 bits per heavy atom. The van der Waals surface area contributed by atoms with Crippen LogP contribution in [0, 0.1) is 0 Å². The van der Waals surface area contributed by atoms with Gasteiger partial charge < -0.3 is 9.80 Å². The smallest absolute Gasteiger partial charge is 0.187 e. The van der Waals surface area contributed by atoms with Gasteiger partial charge >= 0.3 is 0 Å². The Morgan fingerprint density at radius 2 is 2.00 bits per heavy atom. The minimum atomic E-state index is 0.436. The Bertz CT molecular complexity index is 341. The van der Waals surface area contributed by atoms with Gasteiger partial charge in [0.15, 0.2) is 5.13 Å². The zero-order chi connectivity index (χ0) is 12.8. The summed E-state index contributed by atoms with van der Waals surface area (Å²) in [5.74, 6) is 0.436. The number of halogens is 2. The van der Waals surface area contributed by atoms with Gasteiger partial charge in [-0.15, -0.1) is 11.6 Å². The first kappa shape index (κ1) is 15.0. The molecule has 0 saturated heterocycles. The molecule has 0 N–H and O–H groups in total. The maximum absolute atomic E-state index is 6.01. The van der Waals surface area contributed by atoms with Crippen LogP contribution >= 0.6 is 34.5 Å². The molecule has 1 aromatic rings. The van der Waals surface area contributed by atoms with E-state index in [2.05, 4.69) is 35.8 Å².